The lowest BCUT2D eigenvalue weighted by Crippen LogP contribution is -2.61. The van der Waals surface area contributed by atoms with Crippen molar-refractivity contribution in [2.75, 3.05) is 26.2 Å². The Morgan fingerprint density at radius 2 is 1.23 bits per heavy atom. The molecule has 20 nitrogen and oxygen atoms in total. The van der Waals surface area contributed by atoms with Crippen molar-refractivity contribution in [2.45, 2.75) is 121 Å². The molecule has 0 aromatic rings. The lowest BCUT2D eigenvalue weighted by atomic mass is 10.0. The quantitative estimate of drug-likeness (QED) is 0.0423. The minimum atomic E-state index is -1.78. The molecule has 0 radical (unpaired) electrons. The van der Waals surface area contributed by atoms with Crippen LogP contribution in [0.4, 0.5) is 0 Å². The number of aliphatic carboxylic acids is 2. The number of carboxylic acid groups (broad SMARTS) is 2. The van der Waals surface area contributed by atoms with Crippen molar-refractivity contribution in [3.63, 3.8) is 0 Å². The van der Waals surface area contributed by atoms with Crippen LogP contribution in [-0.2, 0) is 38.4 Å². The molecular formula is C32H57N9O11. The van der Waals surface area contributed by atoms with E-state index < -0.39 is 96.2 Å². The summed E-state index contributed by atoms with van der Waals surface area (Å²) in [6.07, 6.45) is -0.0454. The fourth-order valence-electron chi connectivity index (χ4n) is 5.59. The second-order valence-corrected chi connectivity index (χ2v) is 13.1. The van der Waals surface area contributed by atoms with Gasteiger partial charge in [-0.1, -0.05) is 13.8 Å². The van der Waals surface area contributed by atoms with Crippen LogP contribution in [0.2, 0.25) is 0 Å². The Labute approximate surface area is 302 Å². The van der Waals surface area contributed by atoms with Gasteiger partial charge in [-0.05, 0) is 77.3 Å². The predicted octanol–water partition coefficient (Wildman–Crippen LogP) is -3.79. The highest BCUT2D eigenvalue weighted by atomic mass is 16.4. The van der Waals surface area contributed by atoms with E-state index in [4.69, 9.17) is 22.3 Å². The number of hydrogen-bond donors (Lipinski definition) is 11. The summed E-state index contributed by atoms with van der Waals surface area (Å²) in [5, 5.41) is 41.2. The van der Waals surface area contributed by atoms with E-state index in [1.54, 1.807) is 13.8 Å². The summed E-state index contributed by atoms with van der Waals surface area (Å²) in [6, 6.07) is -7.97. The van der Waals surface area contributed by atoms with E-state index in [9.17, 15) is 48.6 Å². The average molecular weight is 744 g/mol. The van der Waals surface area contributed by atoms with Crippen LogP contribution in [-0.4, -0.2) is 136 Å². The molecule has 1 heterocycles. The summed E-state index contributed by atoms with van der Waals surface area (Å²) in [7, 11) is 0. The molecule has 0 aromatic heterocycles. The largest absolute Gasteiger partial charge is 0.481 e. The van der Waals surface area contributed by atoms with E-state index in [0.717, 1.165) is 0 Å². The predicted molar refractivity (Wildman–Crippen MR) is 186 cm³/mol. The summed E-state index contributed by atoms with van der Waals surface area (Å²) < 4.78 is 0. The smallest absolute Gasteiger partial charge is 0.326 e. The summed E-state index contributed by atoms with van der Waals surface area (Å²) >= 11 is 0. The van der Waals surface area contributed by atoms with Gasteiger partial charge in [0.25, 0.3) is 0 Å². The number of unbranched alkanes of at least 4 members (excludes halogenated alkanes) is 2. The summed E-state index contributed by atoms with van der Waals surface area (Å²) in [5.41, 5.74) is 16.6. The molecule has 0 bridgehead atoms. The lowest BCUT2D eigenvalue weighted by Gasteiger charge is -2.32. The molecule has 1 aliphatic heterocycles. The Kier molecular flexibility index (Phi) is 20.4. The molecule has 0 aliphatic carbocycles. The number of carbonyl (C=O) groups is 8. The Balaban J connectivity index is 3.22. The van der Waals surface area contributed by atoms with Crippen molar-refractivity contribution < 1.29 is 53.7 Å². The number of carboxylic acids is 2. The van der Waals surface area contributed by atoms with Crippen LogP contribution in [0.5, 0.6) is 0 Å². The van der Waals surface area contributed by atoms with Crippen LogP contribution >= 0.6 is 0 Å². The van der Waals surface area contributed by atoms with E-state index in [2.05, 4.69) is 26.6 Å². The molecule has 0 spiro atoms. The number of nitrogens with two attached hydrogens (primary N) is 3. The van der Waals surface area contributed by atoms with Crippen molar-refractivity contribution in [3.05, 3.63) is 0 Å². The van der Waals surface area contributed by atoms with Gasteiger partial charge in [0, 0.05) is 6.54 Å². The summed E-state index contributed by atoms with van der Waals surface area (Å²) in [4.78, 5) is 103. The van der Waals surface area contributed by atoms with Gasteiger partial charge in [0.05, 0.1) is 19.1 Å². The molecule has 14 N–H and O–H groups in total. The third kappa shape index (κ3) is 15.1. The number of nitrogens with zero attached hydrogens (tertiary/aromatic N) is 1. The van der Waals surface area contributed by atoms with Crippen molar-refractivity contribution >= 4 is 47.4 Å². The van der Waals surface area contributed by atoms with Crippen LogP contribution in [0.25, 0.3) is 0 Å². The molecule has 1 fully saturated rings. The Bertz CT molecular complexity index is 1250. The number of amides is 6. The molecule has 1 saturated heterocycles. The Morgan fingerprint density at radius 3 is 1.67 bits per heavy atom. The standard InChI is InChI=1S/C32H57N9O11/c1-17(2)25(39-23(43)16-35)31(50)41-14-8-11-22(41)29(48)40-26(18(3)42)30(49)37-20(10-5-7-13-34)27(46)36-19(9-4-6-12-33)28(47)38-21(32(51)52)15-24(44)45/h17-22,25-26,42H,4-16,33-35H2,1-3H3,(H,36,46)(H,37,49)(H,38,47)(H,39,43)(H,40,48)(H,44,45)(H,51,52)/t18-,19+,20+,21+,22+,25+,26+/m1/s1. The summed E-state index contributed by atoms with van der Waals surface area (Å²) in [6.45, 7) is 5.09. The number of nitrogens with one attached hydrogen (secondary N) is 5. The van der Waals surface area contributed by atoms with E-state index in [-0.39, 0.29) is 51.4 Å². The van der Waals surface area contributed by atoms with Crippen molar-refractivity contribution in [3.8, 4) is 0 Å². The van der Waals surface area contributed by atoms with Gasteiger partial charge in [-0.2, -0.15) is 0 Å². The van der Waals surface area contributed by atoms with Gasteiger partial charge in [-0.25, -0.2) is 4.79 Å². The fraction of sp³-hybridized carbons (Fsp3) is 0.750. The maximum absolute atomic E-state index is 13.6. The van der Waals surface area contributed by atoms with E-state index in [0.29, 0.717) is 32.1 Å². The minimum Gasteiger partial charge on any atom is -0.481 e. The highest BCUT2D eigenvalue weighted by Gasteiger charge is 2.41. The monoisotopic (exact) mass is 743 g/mol. The topological polar surface area (TPSA) is 339 Å². The van der Waals surface area contributed by atoms with Crippen molar-refractivity contribution in [2.24, 2.45) is 23.1 Å². The molecule has 6 amide bonds. The van der Waals surface area contributed by atoms with Gasteiger partial charge in [0.2, 0.25) is 35.4 Å². The van der Waals surface area contributed by atoms with Crippen molar-refractivity contribution in [1.82, 2.24) is 31.5 Å². The molecule has 7 atom stereocenters. The van der Waals surface area contributed by atoms with Gasteiger partial charge >= 0.3 is 11.9 Å². The maximum Gasteiger partial charge on any atom is 0.326 e. The van der Waals surface area contributed by atoms with Gasteiger partial charge in [-0.15, -0.1) is 0 Å². The van der Waals surface area contributed by atoms with E-state index >= 15 is 0 Å². The molecule has 296 valence electrons. The van der Waals surface area contributed by atoms with Crippen LogP contribution < -0.4 is 43.8 Å². The Morgan fingerprint density at radius 1 is 0.712 bits per heavy atom. The second-order valence-electron chi connectivity index (χ2n) is 13.1. The zero-order valence-corrected chi connectivity index (χ0v) is 30.1. The fourth-order valence-corrected chi connectivity index (χ4v) is 5.59. The molecule has 0 saturated carbocycles. The van der Waals surface area contributed by atoms with E-state index in [1.165, 1.54) is 11.8 Å². The first-order valence-electron chi connectivity index (χ1n) is 17.5. The SMILES string of the molecule is CC(C)[C@H](NC(=O)CN)C(=O)N1CCC[C@H]1C(=O)N[C@H](C(=O)N[C@@H](CCCCN)C(=O)N[C@@H](CCCCN)C(=O)N[C@@H](CC(=O)O)C(=O)O)[C@@H](C)O. The van der Waals surface area contributed by atoms with Crippen LogP contribution in [0, 0.1) is 5.92 Å². The highest BCUT2D eigenvalue weighted by Crippen LogP contribution is 2.21. The highest BCUT2D eigenvalue weighted by molar-refractivity contribution is 5.97. The van der Waals surface area contributed by atoms with Crippen LogP contribution in [0.3, 0.4) is 0 Å². The third-order valence-corrected chi connectivity index (χ3v) is 8.49. The number of rotatable bonds is 24. The molecular weight excluding hydrogens is 686 g/mol. The van der Waals surface area contributed by atoms with Gasteiger partial charge in [0.1, 0.15) is 36.3 Å². The first kappa shape index (κ1) is 45.6. The average Bonchev–Trinajstić information content (AvgIpc) is 3.57. The molecule has 1 rings (SSSR count). The minimum absolute atomic E-state index is 0.00812. The van der Waals surface area contributed by atoms with E-state index in [1.807, 2.05) is 0 Å². The van der Waals surface area contributed by atoms with Crippen LogP contribution in [0.1, 0.15) is 78.6 Å². The number of carbonyl (C=O) groups excluding carboxylic acids is 6. The van der Waals surface area contributed by atoms with Gasteiger partial charge in [0.15, 0.2) is 0 Å². The van der Waals surface area contributed by atoms with Gasteiger partial charge in [-0.3, -0.25) is 33.6 Å². The summed E-state index contributed by atoms with van der Waals surface area (Å²) in [5.74, 6) is -7.94. The number of aliphatic hydroxyl groups is 1. The maximum atomic E-state index is 13.6. The first-order chi connectivity index (χ1) is 24.5. The number of aliphatic hydroxyl groups excluding tert-OH is 1. The second kappa shape index (κ2) is 23.2. The lowest BCUT2D eigenvalue weighted by molar-refractivity contribution is -0.147. The molecule has 52 heavy (non-hydrogen) atoms. The first-order valence-corrected chi connectivity index (χ1v) is 17.5. The normalized spacial score (nSPS) is 17.5. The number of hydrogen-bond acceptors (Lipinski definition) is 12. The zero-order chi connectivity index (χ0) is 39.5. The van der Waals surface area contributed by atoms with Crippen molar-refractivity contribution in [1.29, 1.82) is 0 Å². The molecule has 1 aliphatic rings. The number of likely N-dealkylation sites (tertiary alicyclic amines) is 1. The van der Waals surface area contributed by atoms with Gasteiger partial charge < -0.3 is 64.0 Å². The molecule has 20 heteroatoms. The zero-order valence-electron chi connectivity index (χ0n) is 30.1. The third-order valence-electron chi connectivity index (χ3n) is 8.49. The van der Waals surface area contributed by atoms with Crippen LogP contribution in [0.15, 0.2) is 0 Å². The molecule has 0 aromatic carbocycles. The Hall–Kier alpha value is -4.40. The molecule has 0 unspecified atom stereocenters.